The molecule has 1 heterocycles. The van der Waals surface area contributed by atoms with Gasteiger partial charge in [0.25, 0.3) is 0 Å². The van der Waals surface area contributed by atoms with Crippen LogP contribution >= 0.6 is 11.3 Å². The summed E-state index contributed by atoms with van der Waals surface area (Å²) in [4.78, 5) is 21.7. The molecule has 0 radical (unpaired) electrons. The van der Waals surface area contributed by atoms with Gasteiger partial charge in [0.05, 0.1) is 23.2 Å². The molecule has 28 heavy (non-hydrogen) atoms. The number of carbonyl (C=O) groups is 1. The van der Waals surface area contributed by atoms with Gasteiger partial charge in [0.1, 0.15) is 5.75 Å². The molecule has 0 fully saturated rings. The normalized spacial score (nSPS) is 11.2. The number of fused-ring (bicyclic) bond motifs is 1. The molecule has 2 aromatic carbocycles. The van der Waals surface area contributed by atoms with Gasteiger partial charge in [0.2, 0.25) is 5.91 Å². The molecular weight excluding hydrogens is 370 g/mol. The van der Waals surface area contributed by atoms with E-state index in [4.69, 9.17) is 9.72 Å². The molecule has 0 aliphatic carbocycles. The zero-order chi connectivity index (χ0) is 20.1. The zero-order valence-corrected chi connectivity index (χ0v) is 17.8. The lowest BCUT2D eigenvalue weighted by Gasteiger charge is -2.22. The van der Waals surface area contributed by atoms with E-state index in [9.17, 15) is 4.79 Å². The van der Waals surface area contributed by atoms with Crippen LogP contribution in [-0.2, 0) is 11.2 Å². The number of ether oxygens (including phenoxy) is 1. The minimum absolute atomic E-state index is 0.0662. The zero-order valence-electron chi connectivity index (χ0n) is 16.9. The van der Waals surface area contributed by atoms with Crippen molar-refractivity contribution in [3.8, 4) is 5.75 Å². The smallest absolute Gasteiger partial charge is 0.233 e. The van der Waals surface area contributed by atoms with Gasteiger partial charge in [-0.2, -0.15) is 0 Å². The van der Waals surface area contributed by atoms with Crippen molar-refractivity contribution in [2.45, 2.75) is 20.3 Å². The SMILES string of the molecule is CCOc1ccc2nc(N(CCN(C)C)C(=O)Cc3cccc(C)c3)sc2c1. The fourth-order valence-electron chi connectivity index (χ4n) is 2.98. The Hall–Kier alpha value is -2.44. The Bertz CT molecular complexity index is 952. The van der Waals surface area contributed by atoms with Crippen LogP contribution in [0.15, 0.2) is 42.5 Å². The molecule has 0 aliphatic rings. The second-order valence-electron chi connectivity index (χ2n) is 7.07. The summed E-state index contributed by atoms with van der Waals surface area (Å²) in [6.07, 6.45) is 0.370. The van der Waals surface area contributed by atoms with E-state index in [2.05, 4.69) is 11.0 Å². The first-order valence-electron chi connectivity index (χ1n) is 9.50. The second kappa shape index (κ2) is 9.17. The standard InChI is InChI=1S/C22H27N3O2S/c1-5-27-18-9-10-19-20(15-18)28-22(23-19)25(12-11-24(3)4)21(26)14-17-8-6-7-16(2)13-17/h6-10,13,15H,5,11-12,14H2,1-4H3. The Balaban J connectivity index is 1.88. The third-order valence-electron chi connectivity index (χ3n) is 4.40. The van der Waals surface area contributed by atoms with Crippen LogP contribution in [0.5, 0.6) is 5.75 Å². The van der Waals surface area contributed by atoms with E-state index in [1.165, 1.54) is 11.3 Å². The van der Waals surface area contributed by atoms with Gasteiger partial charge < -0.3 is 9.64 Å². The first-order valence-corrected chi connectivity index (χ1v) is 10.3. The number of aryl methyl sites for hydroxylation is 1. The number of amides is 1. The number of likely N-dealkylation sites (N-methyl/N-ethyl adjacent to an activating group) is 1. The lowest BCUT2D eigenvalue weighted by Crippen LogP contribution is -2.37. The van der Waals surface area contributed by atoms with Crippen molar-refractivity contribution in [2.75, 3.05) is 38.7 Å². The van der Waals surface area contributed by atoms with Crippen LogP contribution in [0.4, 0.5) is 5.13 Å². The number of hydrogen-bond donors (Lipinski definition) is 0. The number of aromatic nitrogens is 1. The lowest BCUT2D eigenvalue weighted by molar-refractivity contribution is -0.118. The predicted molar refractivity (Wildman–Crippen MR) is 117 cm³/mol. The van der Waals surface area contributed by atoms with Gasteiger partial charge in [0, 0.05) is 13.1 Å². The summed E-state index contributed by atoms with van der Waals surface area (Å²) < 4.78 is 6.62. The molecule has 0 unspecified atom stereocenters. The highest BCUT2D eigenvalue weighted by Gasteiger charge is 2.20. The van der Waals surface area contributed by atoms with Crippen molar-refractivity contribution in [3.63, 3.8) is 0 Å². The first-order chi connectivity index (χ1) is 13.5. The van der Waals surface area contributed by atoms with Crippen molar-refractivity contribution < 1.29 is 9.53 Å². The van der Waals surface area contributed by atoms with Crippen LogP contribution in [0.1, 0.15) is 18.1 Å². The maximum atomic E-state index is 13.1. The fraction of sp³-hybridized carbons (Fsp3) is 0.364. The second-order valence-corrected chi connectivity index (χ2v) is 8.08. The summed E-state index contributed by atoms with van der Waals surface area (Å²) in [5.41, 5.74) is 3.08. The van der Waals surface area contributed by atoms with Crippen LogP contribution in [-0.4, -0.2) is 49.6 Å². The van der Waals surface area contributed by atoms with E-state index < -0.39 is 0 Å². The number of rotatable bonds is 8. The molecular formula is C22H27N3O2S. The third-order valence-corrected chi connectivity index (χ3v) is 5.44. The number of hydrogen-bond acceptors (Lipinski definition) is 5. The molecule has 0 aliphatic heterocycles. The van der Waals surface area contributed by atoms with Crippen LogP contribution in [0.3, 0.4) is 0 Å². The Morgan fingerprint density at radius 2 is 1.96 bits per heavy atom. The van der Waals surface area contributed by atoms with Gasteiger partial charge in [-0.3, -0.25) is 9.69 Å². The van der Waals surface area contributed by atoms with Crippen molar-refractivity contribution in [3.05, 3.63) is 53.6 Å². The van der Waals surface area contributed by atoms with Gasteiger partial charge in [-0.1, -0.05) is 41.2 Å². The molecule has 0 saturated heterocycles. The van der Waals surface area contributed by atoms with E-state index in [1.54, 1.807) is 0 Å². The van der Waals surface area contributed by atoms with E-state index in [1.807, 2.05) is 69.2 Å². The van der Waals surface area contributed by atoms with E-state index >= 15 is 0 Å². The topological polar surface area (TPSA) is 45.7 Å². The molecule has 0 saturated carbocycles. The number of benzene rings is 2. The molecule has 0 spiro atoms. The predicted octanol–water partition coefficient (Wildman–Crippen LogP) is 4.14. The highest BCUT2D eigenvalue weighted by molar-refractivity contribution is 7.22. The molecule has 3 aromatic rings. The quantitative estimate of drug-likeness (QED) is 0.573. The van der Waals surface area contributed by atoms with Gasteiger partial charge in [-0.05, 0) is 51.7 Å². The fourth-order valence-corrected chi connectivity index (χ4v) is 4.02. The Labute approximate surface area is 170 Å². The first kappa shape index (κ1) is 20.3. The molecule has 0 bridgehead atoms. The number of carbonyl (C=O) groups excluding carboxylic acids is 1. The van der Waals surface area contributed by atoms with Crippen LogP contribution in [0, 0.1) is 6.92 Å². The molecule has 3 rings (SSSR count). The van der Waals surface area contributed by atoms with E-state index in [0.717, 1.165) is 38.8 Å². The van der Waals surface area contributed by atoms with Gasteiger partial charge in [-0.15, -0.1) is 0 Å². The molecule has 1 aromatic heterocycles. The summed E-state index contributed by atoms with van der Waals surface area (Å²) in [5.74, 6) is 0.896. The molecule has 148 valence electrons. The maximum absolute atomic E-state index is 13.1. The minimum Gasteiger partial charge on any atom is -0.494 e. The van der Waals surface area contributed by atoms with Crippen molar-refractivity contribution >= 4 is 32.6 Å². The van der Waals surface area contributed by atoms with Crippen molar-refractivity contribution in [1.82, 2.24) is 9.88 Å². The Kier molecular flexibility index (Phi) is 6.65. The number of thiazole rings is 1. The lowest BCUT2D eigenvalue weighted by atomic mass is 10.1. The highest BCUT2D eigenvalue weighted by Crippen LogP contribution is 2.32. The average Bonchev–Trinajstić information content (AvgIpc) is 3.04. The molecule has 0 N–H and O–H groups in total. The Morgan fingerprint density at radius 1 is 1.14 bits per heavy atom. The summed E-state index contributed by atoms with van der Waals surface area (Å²) in [5, 5.41) is 0.739. The summed E-state index contributed by atoms with van der Waals surface area (Å²) in [6, 6.07) is 14.0. The van der Waals surface area contributed by atoms with E-state index in [-0.39, 0.29) is 5.91 Å². The minimum atomic E-state index is 0.0662. The number of nitrogens with zero attached hydrogens (tertiary/aromatic N) is 3. The maximum Gasteiger partial charge on any atom is 0.233 e. The average molecular weight is 398 g/mol. The molecule has 1 amide bonds. The van der Waals surface area contributed by atoms with E-state index in [0.29, 0.717) is 19.6 Å². The van der Waals surface area contributed by atoms with Gasteiger partial charge >= 0.3 is 0 Å². The monoisotopic (exact) mass is 397 g/mol. The van der Waals surface area contributed by atoms with Crippen LogP contribution in [0.25, 0.3) is 10.2 Å². The summed E-state index contributed by atoms with van der Waals surface area (Å²) in [7, 11) is 4.02. The largest absolute Gasteiger partial charge is 0.494 e. The van der Waals surface area contributed by atoms with Gasteiger partial charge in [0.15, 0.2) is 5.13 Å². The Morgan fingerprint density at radius 3 is 2.68 bits per heavy atom. The molecule has 6 heteroatoms. The number of anilines is 1. The van der Waals surface area contributed by atoms with Crippen molar-refractivity contribution in [2.24, 2.45) is 0 Å². The van der Waals surface area contributed by atoms with Crippen LogP contribution in [0.2, 0.25) is 0 Å². The van der Waals surface area contributed by atoms with Crippen LogP contribution < -0.4 is 9.64 Å². The highest BCUT2D eigenvalue weighted by atomic mass is 32.1. The molecule has 0 atom stereocenters. The summed E-state index contributed by atoms with van der Waals surface area (Å²) >= 11 is 1.53. The summed E-state index contributed by atoms with van der Waals surface area (Å²) in [6.45, 7) is 6.02. The third kappa shape index (κ3) is 5.09. The van der Waals surface area contributed by atoms with Crippen molar-refractivity contribution in [1.29, 1.82) is 0 Å². The molecule has 5 nitrogen and oxygen atoms in total. The van der Waals surface area contributed by atoms with Gasteiger partial charge in [-0.25, -0.2) is 4.98 Å².